The van der Waals surface area contributed by atoms with Gasteiger partial charge in [0.1, 0.15) is 13.9 Å². The standard InChI is InChI=1S/C11H16OP2/c1-13(2)9-10-14(3)12-11-7-5-4-6-8-11/h4-10H,1-3H3. The Bertz CT molecular complexity index is 283. The molecule has 0 radical (unpaired) electrons. The molecule has 0 fully saturated rings. The summed E-state index contributed by atoms with van der Waals surface area (Å²) in [5.41, 5.74) is 0. The first-order valence-corrected chi connectivity index (χ1v) is 8.57. The maximum absolute atomic E-state index is 5.75. The first kappa shape index (κ1) is 11.7. The third-order valence-corrected chi connectivity index (χ3v) is 3.62. The van der Waals surface area contributed by atoms with Crippen LogP contribution < -0.4 is 4.52 Å². The lowest BCUT2D eigenvalue weighted by molar-refractivity contribution is 0.626. The third kappa shape index (κ3) is 4.74. The Morgan fingerprint density at radius 3 is 2.21 bits per heavy atom. The molecule has 0 aliphatic rings. The molecule has 1 nitrogen and oxygen atoms in total. The number of hydrogen-bond donors (Lipinski definition) is 0. The summed E-state index contributed by atoms with van der Waals surface area (Å²) in [5.74, 6) is 5.40. The molecule has 14 heavy (non-hydrogen) atoms. The Balaban J connectivity index is 2.45. The lowest BCUT2D eigenvalue weighted by atomic mass is 10.3. The molecule has 0 amide bonds. The van der Waals surface area contributed by atoms with Gasteiger partial charge in [-0.15, -0.1) is 0 Å². The molecule has 0 N–H and O–H groups in total. The van der Waals surface area contributed by atoms with Crippen molar-refractivity contribution in [1.82, 2.24) is 0 Å². The molecule has 0 bridgehead atoms. The van der Waals surface area contributed by atoms with Gasteiger partial charge in [0.25, 0.3) is 0 Å². The second kappa shape index (κ2) is 6.17. The van der Waals surface area contributed by atoms with Crippen molar-refractivity contribution in [3.05, 3.63) is 42.0 Å². The minimum Gasteiger partial charge on any atom is -0.470 e. The molecule has 0 heterocycles. The van der Waals surface area contributed by atoms with Crippen LogP contribution in [0.15, 0.2) is 42.0 Å². The topological polar surface area (TPSA) is 9.23 Å². The molecule has 1 aromatic rings. The Kier molecular flexibility index (Phi) is 5.15. The minimum atomic E-state index is -0.454. The van der Waals surface area contributed by atoms with E-state index in [4.69, 9.17) is 4.52 Å². The van der Waals surface area contributed by atoms with Crippen molar-refractivity contribution in [2.75, 3.05) is 20.0 Å². The predicted molar refractivity (Wildman–Crippen MR) is 67.8 cm³/mol. The van der Waals surface area contributed by atoms with Gasteiger partial charge in [-0.25, -0.2) is 0 Å². The highest BCUT2D eigenvalue weighted by molar-refractivity contribution is 7.61. The predicted octanol–water partition coefficient (Wildman–Crippen LogP) is 4.30. The van der Waals surface area contributed by atoms with Gasteiger partial charge in [-0.1, -0.05) is 31.9 Å². The highest BCUT2D eigenvalue weighted by Gasteiger charge is 1.98. The van der Waals surface area contributed by atoms with Gasteiger partial charge < -0.3 is 4.52 Å². The first-order chi connectivity index (χ1) is 6.68. The molecule has 0 saturated heterocycles. The van der Waals surface area contributed by atoms with Gasteiger partial charge in [0.2, 0.25) is 0 Å². The largest absolute Gasteiger partial charge is 0.470 e. The van der Waals surface area contributed by atoms with Crippen LogP contribution in [0.4, 0.5) is 0 Å². The van der Waals surface area contributed by atoms with Crippen LogP contribution in [0.2, 0.25) is 0 Å². The second-order valence-corrected chi connectivity index (χ2v) is 7.01. The van der Waals surface area contributed by atoms with Crippen LogP contribution >= 0.6 is 16.1 Å². The van der Waals surface area contributed by atoms with Crippen LogP contribution in [0.1, 0.15) is 0 Å². The average Bonchev–Trinajstić information content (AvgIpc) is 2.16. The molecule has 1 aromatic carbocycles. The summed E-state index contributed by atoms with van der Waals surface area (Å²) in [4.78, 5) is 0. The van der Waals surface area contributed by atoms with Crippen molar-refractivity contribution in [3.63, 3.8) is 0 Å². The fraction of sp³-hybridized carbons (Fsp3) is 0.273. The van der Waals surface area contributed by atoms with Crippen molar-refractivity contribution < 1.29 is 4.52 Å². The first-order valence-electron chi connectivity index (χ1n) is 4.49. The summed E-state index contributed by atoms with van der Waals surface area (Å²) >= 11 is 0. The van der Waals surface area contributed by atoms with E-state index in [1.54, 1.807) is 0 Å². The SMILES string of the molecule is CP(C)C=CP(C)Oc1ccccc1. The summed E-state index contributed by atoms with van der Waals surface area (Å²) in [6.45, 7) is 6.59. The Morgan fingerprint density at radius 2 is 1.64 bits per heavy atom. The van der Waals surface area contributed by atoms with Crippen LogP contribution in [0.3, 0.4) is 0 Å². The van der Waals surface area contributed by atoms with Crippen LogP contribution in [0.5, 0.6) is 5.75 Å². The third-order valence-electron chi connectivity index (χ3n) is 1.57. The van der Waals surface area contributed by atoms with Gasteiger partial charge in [0, 0.05) is 0 Å². The summed E-state index contributed by atoms with van der Waals surface area (Å²) in [6.07, 6.45) is 0. The van der Waals surface area contributed by atoms with E-state index in [0.717, 1.165) is 5.75 Å². The molecule has 3 heteroatoms. The van der Waals surface area contributed by atoms with E-state index >= 15 is 0 Å². The smallest absolute Gasteiger partial charge is 0.123 e. The molecular weight excluding hydrogens is 210 g/mol. The van der Waals surface area contributed by atoms with Crippen LogP contribution in [-0.4, -0.2) is 20.0 Å². The molecule has 1 rings (SSSR count). The zero-order valence-electron chi connectivity index (χ0n) is 8.84. The molecule has 0 aliphatic carbocycles. The van der Waals surface area contributed by atoms with E-state index in [1.165, 1.54) is 0 Å². The lowest BCUT2D eigenvalue weighted by Gasteiger charge is -2.10. The maximum Gasteiger partial charge on any atom is 0.123 e. The molecule has 0 aromatic heterocycles. The van der Waals surface area contributed by atoms with E-state index in [-0.39, 0.29) is 7.92 Å². The van der Waals surface area contributed by atoms with E-state index in [0.29, 0.717) is 0 Å². The fourth-order valence-electron chi connectivity index (χ4n) is 0.905. The molecule has 1 atom stereocenters. The van der Waals surface area contributed by atoms with Gasteiger partial charge in [0.15, 0.2) is 0 Å². The Labute approximate surface area is 88.8 Å². The van der Waals surface area contributed by atoms with Gasteiger partial charge in [-0.05, 0) is 37.9 Å². The monoisotopic (exact) mass is 226 g/mol. The summed E-state index contributed by atoms with van der Waals surface area (Å²) in [6, 6.07) is 9.97. The number of rotatable bonds is 4. The van der Waals surface area contributed by atoms with Gasteiger partial charge in [-0.3, -0.25) is 0 Å². The molecule has 0 aliphatic heterocycles. The van der Waals surface area contributed by atoms with E-state index in [2.05, 4.69) is 31.6 Å². The van der Waals surface area contributed by atoms with Crippen molar-refractivity contribution in [2.45, 2.75) is 0 Å². The molecular formula is C11H16OP2. The highest BCUT2D eigenvalue weighted by atomic mass is 31.1. The van der Waals surface area contributed by atoms with E-state index < -0.39 is 8.15 Å². The lowest BCUT2D eigenvalue weighted by Crippen LogP contribution is -1.81. The number of para-hydroxylation sites is 1. The zero-order chi connectivity index (χ0) is 10.4. The van der Waals surface area contributed by atoms with Crippen molar-refractivity contribution in [2.24, 2.45) is 0 Å². The van der Waals surface area contributed by atoms with Gasteiger partial charge in [-0.2, -0.15) is 0 Å². The average molecular weight is 226 g/mol. The molecule has 76 valence electrons. The summed E-state index contributed by atoms with van der Waals surface area (Å²) in [5, 5.41) is 0. The van der Waals surface area contributed by atoms with Crippen molar-refractivity contribution in [3.8, 4) is 5.75 Å². The fourth-order valence-corrected chi connectivity index (χ4v) is 3.24. The zero-order valence-corrected chi connectivity index (χ0v) is 10.6. The molecule has 0 spiro atoms. The van der Waals surface area contributed by atoms with Crippen LogP contribution in [-0.2, 0) is 0 Å². The number of benzene rings is 1. The Hall–Kier alpha value is -0.380. The summed E-state index contributed by atoms with van der Waals surface area (Å²) < 4.78 is 5.75. The number of hydrogen-bond acceptors (Lipinski definition) is 1. The highest BCUT2D eigenvalue weighted by Crippen LogP contribution is 2.39. The second-order valence-electron chi connectivity index (χ2n) is 3.21. The van der Waals surface area contributed by atoms with Crippen molar-refractivity contribution in [1.29, 1.82) is 0 Å². The molecule has 0 saturated carbocycles. The van der Waals surface area contributed by atoms with Crippen LogP contribution in [0.25, 0.3) is 0 Å². The normalized spacial score (nSPS) is 13.4. The Morgan fingerprint density at radius 1 is 1.00 bits per heavy atom. The quantitative estimate of drug-likeness (QED) is 0.695. The van der Waals surface area contributed by atoms with Gasteiger partial charge >= 0.3 is 0 Å². The van der Waals surface area contributed by atoms with Crippen molar-refractivity contribution >= 4 is 16.1 Å². The minimum absolute atomic E-state index is 0.0481. The maximum atomic E-state index is 5.75. The molecule has 1 unspecified atom stereocenters. The van der Waals surface area contributed by atoms with Crippen LogP contribution in [0, 0.1) is 0 Å². The van der Waals surface area contributed by atoms with E-state index in [1.807, 2.05) is 30.3 Å². The summed E-state index contributed by atoms with van der Waals surface area (Å²) in [7, 11) is -0.406. The van der Waals surface area contributed by atoms with Gasteiger partial charge in [0.05, 0.1) is 0 Å². The van der Waals surface area contributed by atoms with E-state index in [9.17, 15) is 0 Å².